The molecular weight excluding hydrogens is 558 g/mol. The molecule has 2 aliphatic heterocycles. The lowest BCUT2D eigenvalue weighted by Crippen LogP contribution is -2.50. The molecule has 12 heteroatoms. The molecule has 43 heavy (non-hydrogen) atoms. The number of hydrogen-bond acceptors (Lipinski definition) is 9. The van der Waals surface area contributed by atoms with Crippen molar-refractivity contribution in [2.75, 3.05) is 58.4 Å². The molecule has 10 nitrogen and oxygen atoms in total. The number of halogens is 2. The smallest absolute Gasteiger partial charge is 0.410 e. The summed E-state index contributed by atoms with van der Waals surface area (Å²) in [7, 11) is 3.39. The average Bonchev–Trinajstić information content (AvgIpc) is 3.38. The number of likely N-dealkylation sites (tertiary alicyclic amines) is 1. The zero-order valence-electron chi connectivity index (χ0n) is 25.1. The Kier molecular flexibility index (Phi) is 8.55. The van der Waals surface area contributed by atoms with E-state index in [1.54, 1.807) is 25.7 Å². The van der Waals surface area contributed by atoms with Gasteiger partial charge in [-0.25, -0.2) is 18.6 Å². The predicted molar refractivity (Wildman–Crippen MR) is 157 cm³/mol. The van der Waals surface area contributed by atoms with Gasteiger partial charge in [0.05, 0.1) is 18.4 Å². The third-order valence-corrected chi connectivity index (χ3v) is 7.74. The molecule has 0 radical (unpaired) electrons. The first kappa shape index (κ1) is 30.2. The van der Waals surface area contributed by atoms with E-state index >= 15 is 4.39 Å². The Bertz CT molecular complexity index is 1560. The lowest BCUT2D eigenvalue weighted by atomic mass is 10.1. The summed E-state index contributed by atoms with van der Waals surface area (Å²) in [5.74, 6) is -1.29. The van der Waals surface area contributed by atoms with Crippen LogP contribution in [0.2, 0.25) is 0 Å². The van der Waals surface area contributed by atoms with Gasteiger partial charge in [-0.3, -0.25) is 0 Å². The van der Waals surface area contributed by atoms with Crippen LogP contribution in [0.3, 0.4) is 0 Å². The Balaban J connectivity index is 1.58. The minimum absolute atomic E-state index is 0.0745. The summed E-state index contributed by atoms with van der Waals surface area (Å²) in [4.78, 5) is 27.4. The number of benzene rings is 1. The minimum Gasteiger partial charge on any atom is -0.496 e. The lowest BCUT2D eigenvalue weighted by Gasteiger charge is -2.37. The van der Waals surface area contributed by atoms with Gasteiger partial charge in [0.15, 0.2) is 11.5 Å². The van der Waals surface area contributed by atoms with Gasteiger partial charge in [0.1, 0.15) is 41.1 Å². The summed E-state index contributed by atoms with van der Waals surface area (Å²) in [5.41, 5.74) is -0.369. The van der Waals surface area contributed by atoms with Crippen LogP contribution in [-0.2, 0) is 4.74 Å². The number of hydrogen-bond donors (Lipinski definition) is 0. The molecule has 0 saturated carbocycles. The van der Waals surface area contributed by atoms with Gasteiger partial charge < -0.3 is 28.9 Å². The third kappa shape index (κ3) is 6.27. The van der Waals surface area contributed by atoms with Crippen molar-refractivity contribution in [1.29, 1.82) is 5.26 Å². The number of piperazine rings is 1. The molecular formula is C31H36F2N6O4. The van der Waals surface area contributed by atoms with Crippen LogP contribution in [0, 0.1) is 23.0 Å². The quantitative estimate of drug-likeness (QED) is 0.391. The molecule has 1 amide bonds. The molecule has 0 aliphatic carbocycles. The number of carbonyl (C=O) groups is 1. The van der Waals surface area contributed by atoms with E-state index in [0.29, 0.717) is 38.5 Å². The number of anilines is 1. The molecule has 2 saturated heterocycles. The molecule has 1 atom stereocenters. The van der Waals surface area contributed by atoms with Crippen molar-refractivity contribution in [2.45, 2.75) is 45.3 Å². The second kappa shape index (κ2) is 12.2. The molecule has 4 heterocycles. The van der Waals surface area contributed by atoms with Crippen molar-refractivity contribution in [2.24, 2.45) is 0 Å². The summed E-state index contributed by atoms with van der Waals surface area (Å²) < 4.78 is 47.7. The number of rotatable bonds is 6. The molecule has 228 valence electrons. The van der Waals surface area contributed by atoms with Crippen LogP contribution in [0.4, 0.5) is 19.3 Å². The number of carbonyl (C=O) groups excluding carboxylic acids is 1. The van der Waals surface area contributed by atoms with E-state index in [2.05, 4.69) is 20.9 Å². The summed E-state index contributed by atoms with van der Waals surface area (Å²) in [6.45, 7) is 8.03. The maximum Gasteiger partial charge on any atom is 0.410 e. The number of fused-ring (bicyclic) bond motifs is 1. The Morgan fingerprint density at radius 2 is 1.86 bits per heavy atom. The van der Waals surface area contributed by atoms with E-state index < -0.39 is 23.3 Å². The zero-order valence-corrected chi connectivity index (χ0v) is 25.1. The number of ether oxygens (including phenoxy) is 3. The predicted octanol–water partition coefficient (Wildman–Crippen LogP) is 4.99. The molecule has 3 aromatic rings. The van der Waals surface area contributed by atoms with E-state index in [0.717, 1.165) is 19.4 Å². The number of nitriles is 1. The number of methoxy groups -OCH3 is 1. The molecule has 5 rings (SSSR count). The van der Waals surface area contributed by atoms with Gasteiger partial charge in [0.25, 0.3) is 0 Å². The monoisotopic (exact) mass is 594 g/mol. The largest absolute Gasteiger partial charge is 0.496 e. The Morgan fingerprint density at radius 1 is 1.12 bits per heavy atom. The van der Waals surface area contributed by atoms with E-state index in [1.807, 2.05) is 11.9 Å². The van der Waals surface area contributed by atoms with Crippen LogP contribution >= 0.6 is 0 Å². The van der Waals surface area contributed by atoms with Crippen molar-refractivity contribution in [3.05, 3.63) is 41.5 Å². The van der Waals surface area contributed by atoms with Gasteiger partial charge in [-0.15, -0.1) is 0 Å². The van der Waals surface area contributed by atoms with Gasteiger partial charge in [-0.05, 0) is 65.4 Å². The second-order valence-electron chi connectivity index (χ2n) is 11.8. The first-order chi connectivity index (χ1) is 20.5. The van der Waals surface area contributed by atoms with Crippen LogP contribution in [0.15, 0.2) is 24.3 Å². The lowest BCUT2D eigenvalue weighted by molar-refractivity contribution is 0.0240. The van der Waals surface area contributed by atoms with Gasteiger partial charge >= 0.3 is 6.09 Å². The van der Waals surface area contributed by atoms with Crippen LogP contribution in [0.5, 0.6) is 11.6 Å². The van der Waals surface area contributed by atoms with E-state index in [-0.39, 0.29) is 45.5 Å². The van der Waals surface area contributed by atoms with Crippen LogP contribution in [0.1, 0.15) is 39.2 Å². The van der Waals surface area contributed by atoms with Gasteiger partial charge in [0, 0.05) is 37.6 Å². The highest BCUT2D eigenvalue weighted by atomic mass is 19.1. The molecule has 1 aromatic carbocycles. The summed E-state index contributed by atoms with van der Waals surface area (Å²) in [6, 6.07) is 7.80. The number of likely N-dealkylation sites (N-methyl/N-ethyl adjacent to an activating group) is 1. The van der Waals surface area contributed by atoms with Gasteiger partial charge in [0.2, 0.25) is 5.88 Å². The highest BCUT2D eigenvalue weighted by Gasteiger charge is 2.31. The molecule has 0 spiro atoms. The van der Waals surface area contributed by atoms with Crippen LogP contribution in [0.25, 0.3) is 22.3 Å². The maximum absolute atomic E-state index is 15.8. The highest BCUT2D eigenvalue weighted by Crippen LogP contribution is 2.39. The van der Waals surface area contributed by atoms with Crippen molar-refractivity contribution >= 4 is 22.8 Å². The van der Waals surface area contributed by atoms with Crippen LogP contribution in [-0.4, -0.2) is 91.0 Å². The second-order valence-corrected chi connectivity index (χ2v) is 11.8. The fraction of sp³-hybridized carbons (Fsp3) is 0.484. The maximum atomic E-state index is 15.8. The third-order valence-electron chi connectivity index (χ3n) is 7.74. The van der Waals surface area contributed by atoms with Crippen molar-refractivity contribution in [1.82, 2.24) is 19.8 Å². The van der Waals surface area contributed by atoms with Crippen molar-refractivity contribution < 1.29 is 27.8 Å². The number of aromatic nitrogens is 2. The summed E-state index contributed by atoms with van der Waals surface area (Å²) in [5, 5.41) is 10.6. The fourth-order valence-corrected chi connectivity index (χ4v) is 5.54. The molecule has 0 unspecified atom stereocenters. The SMILES string of the molecule is COc1cccc(F)c1-c1nc2nc(OC[C@@H]3CCCN3C)c(C#N)c(N3CCN(C(=O)OC(C)(C)C)CC3)c2cc1F. The molecule has 2 aliphatic rings. The van der Waals surface area contributed by atoms with Gasteiger partial charge in [-0.1, -0.05) is 6.07 Å². The normalized spacial score (nSPS) is 17.7. The number of pyridine rings is 2. The van der Waals surface area contributed by atoms with Crippen LogP contribution < -0.4 is 14.4 Å². The molecule has 0 bridgehead atoms. The van der Waals surface area contributed by atoms with Crippen molar-refractivity contribution in [3.8, 4) is 29.0 Å². The fourth-order valence-electron chi connectivity index (χ4n) is 5.54. The average molecular weight is 595 g/mol. The first-order valence-electron chi connectivity index (χ1n) is 14.3. The first-order valence-corrected chi connectivity index (χ1v) is 14.3. The summed E-state index contributed by atoms with van der Waals surface area (Å²) >= 11 is 0. The zero-order chi connectivity index (χ0) is 30.9. The summed E-state index contributed by atoms with van der Waals surface area (Å²) in [6.07, 6.45) is 1.57. The molecule has 2 fully saturated rings. The molecule has 2 aromatic heterocycles. The van der Waals surface area contributed by atoms with Gasteiger partial charge in [-0.2, -0.15) is 10.2 Å². The standard InChI is InChI=1S/C31H36F2N6O4/c1-31(2,3)43-30(40)39-14-12-38(13-15-39)27-20-16-23(33)26(25-22(32)9-6-10-24(25)41-5)35-28(20)36-29(21(27)17-34)42-18-19-8-7-11-37(19)4/h6,9-10,16,19H,7-8,11-15,18H2,1-5H3/t19-/m0/s1. The van der Waals surface area contributed by atoms with E-state index in [9.17, 15) is 14.4 Å². The van der Waals surface area contributed by atoms with E-state index in [1.165, 1.54) is 31.4 Å². The Labute approximate surface area is 249 Å². The Morgan fingerprint density at radius 3 is 2.49 bits per heavy atom. The number of amides is 1. The topological polar surface area (TPSA) is 104 Å². The van der Waals surface area contributed by atoms with Crippen molar-refractivity contribution in [3.63, 3.8) is 0 Å². The van der Waals surface area contributed by atoms with E-state index in [4.69, 9.17) is 14.2 Å². The molecule has 0 N–H and O–H groups in total. The number of nitrogens with zero attached hydrogens (tertiary/aromatic N) is 6. The minimum atomic E-state index is -0.795. The highest BCUT2D eigenvalue weighted by molar-refractivity contribution is 5.95. The Hall–Kier alpha value is -4.24.